The largest absolute Gasteiger partial charge is 0.467 e. The second-order valence-electron chi connectivity index (χ2n) is 3.72. The van der Waals surface area contributed by atoms with Crippen LogP contribution in [0.25, 0.3) is 0 Å². The summed E-state index contributed by atoms with van der Waals surface area (Å²) in [5.74, 6) is -1.28. The summed E-state index contributed by atoms with van der Waals surface area (Å²) in [6.45, 7) is 4.75. The zero-order valence-corrected chi connectivity index (χ0v) is 9.99. The average Bonchev–Trinajstić information content (AvgIpc) is 2.21. The molecule has 0 rings (SSSR count). The summed E-state index contributed by atoms with van der Waals surface area (Å²) in [6, 6.07) is -0.689. The first-order chi connectivity index (χ1) is 7.38. The van der Waals surface area contributed by atoms with Crippen molar-refractivity contribution in [2.45, 2.75) is 26.8 Å². The Balaban J connectivity index is 4.24. The predicted octanol–water partition coefficient (Wildman–Crippen LogP) is -0.564. The minimum Gasteiger partial charge on any atom is -0.467 e. The van der Waals surface area contributed by atoms with Gasteiger partial charge in [0, 0.05) is 6.92 Å². The van der Waals surface area contributed by atoms with E-state index < -0.39 is 17.9 Å². The number of carbonyl (C=O) groups is 3. The number of hydrogen-bond donors (Lipinski definition) is 2. The lowest BCUT2D eigenvalue weighted by atomic mass is 10.0. The number of esters is 1. The number of ether oxygens (including phenoxy) is 1. The van der Waals surface area contributed by atoms with Gasteiger partial charge in [0.1, 0.15) is 6.04 Å². The molecule has 0 aromatic heterocycles. The first-order valence-corrected chi connectivity index (χ1v) is 5.00. The summed E-state index contributed by atoms with van der Waals surface area (Å²) in [5.41, 5.74) is 0. The summed E-state index contributed by atoms with van der Waals surface area (Å²) in [4.78, 5) is 33.2. The molecule has 0 saturated carbocycles. The van der Waals surface area contributed by atoms with Crippen LogP contribution >= 0.6 is 0 Å². The third kappa shape index (κ3) is 5.33. The average molecular weight is 230 g/mol. The molecule has 1 unspecified atom stereocenters. The maximum Gasteiger partial charge on any atom is 0.328 e. The molecule has 2 N–H and O–H groups in total. The lowest BCUT2D eigenvalue weighted by Gasteiger charge is -2.19. The van der Waals surface area contributed by atoms with Crippen molar-refractivity contribution in [1.29, 1.82) is 0 Å². The van der Waals surface area contributed by atoms with Crippen LogP contribution < -0.4 is 10.6 Å². The Morgan fingerprint density at radius 1 is 1.25 bits per heavy atom. The third-order valence-electron chi connectivity index (χ3n) is 1.94. The maximum atomic E-state index is 11.3. The zero-order chi connectivity index (χ0) is 12.7. The molecule has 0 radical (unpaired) electrons. The van der Waals surface area contributed by atoms with Crippen LogP contribution in [0, 0.1) is 5.92 Å². The van der Waals surface area contributed by atoms with Crippen LogP contribution in [-0.4, -0.2) is 37.5 Å². The van der Waals surface area contributed by atoms with Crippen LogP contribution in [0.1, 0.15) is 20.8 Å². The van der Waals surface area contributed by atoms with E-state index in [9.17, 15) is 14.4 Å². The van der Waals surface area contributed by atoms with E-state index in [1.807, 2.05) is 0 Å². The van der Waals surface area contributed by atoms with Gasteiger partial charge in [-0.15, -0.1) is 0 Å². The molecule has 0 heterocycles. The standard InChI is InChI=1S/C10H18N2O4/c1-6(2)9(10(15)16-4)12-8(14)5-11-7(3)13/h6,9H,5H2,1-4H3,(H,11,13)(H,12,14). The second kappa shape index (κ2) is 6.81. The minimum atomic E-state index is -0.689. The molecule has 0 fully saturated rings. The van der Waals surface area contributed by atoms with E-state index in [0.29, 0.717) is 0 Å². The Bertz CT molecular complexity index is 276. The van der Waals surface area contributed by atoms with Gasteiger partial charge in [0.15, 0.2) is 0 Å². The number of methoxy groups -OCH3 is 1. The lowest BCUT2D eigenvalue weighted by Crippen LogP contribution is -2.48. The fourth-order valence-electron chi connectivity index (χ4n) is 1.05. The zero-order valence-electron chi connectivity index (χ0n) is 9.99. The highest BCUT2D eigenvalue weighted by atomic mass is 16.5. The molecular weight excluding hydrogens is 212 g/mol. The van der Waals surface area contributed by atoms with E-state index >= 15 is 0 Å². The van der Waals surface area contributed by atoms with Gasteiger partial charge < -0.3 is 15.4 Å². The molecule has 0 bridgehead atoms. The Hall–Kier alpha value is -1.59. The lowest BCUT2D eigenvalue weighted by molar-refractivity contribution is -0.146. The molecule has 0 aliphatic heterocycles. The number of carbonyl (C=O) groups excluding carboxylic acids is 3. The number of nitrogens with one attached hydrogen (secondary N) is 2. The molecule has 16 heavy (non-hydrogen) atoms. The summed E-state index contributed by atoms with van der Waals surface area (Å²) in [7, 11) is 1.26. The maximum absolute atomic E-state index is 11.3. The molecule has 1 atom stereocenters. The van der Waals surface area contributed by atoms with Crippen LogP contribution in [0.5, 0.6) is 0 Å². The van der Waals surface area contributed by atoms with Crippen molar-refractivity contribution in [3.63, 3.8) is 0 Å². The minimum absolute atomic E-state index is 0.0753. The Kier molecular flexibility index (Phi) is 6.14. The Morgan fingerprint density at radius 3 is 2.19 bits per heavy atom. The van der Waals surface area contributed by atoms with Crippen molar-refractivity contribution in [1.82, 2.24) is 10.6 Å². The fourth-order valence-corrected chi connectivity index (χ4v) is 1.05. The van der Waals surface area contributed by atoms with Crippen molar-refractivity contribution in [3.05, 3.63) is 0 Å². The van der Waals surface area contributed by atoms with Crippen molar-refractivity contribution in [3.8, 4) is 0 Å². The smallest absolute Gasteiger partial charge is 0.328 e. The molecule has 0 spiro atoms. The van der Waals surface area contributed by atoms with Gasteiger partial charge in [-0.2, -0.15) is 0 Å². The SMILES string of the molecule is COC(=O)C(NC(=O)CNC(C)=O)C(C)C. The third-order valence-corrected chi connectivity index (χ3v) is 1.94. The van der Waals surface area contributed by atoms with Crippen LogP contribution in [0.4, 0.5) is 0 Å². The van der Waals surface area contributed by atoms with E-state index in [2.05, 4.69) is 15.4 Å². The van der Waals surface area contributed by atoms with Crippen molar-refractivity contribution >= 4 is 17.8 Å². The Morgan fingerprint density at radius 2 is 1.81 bits per heavy atom. The van der Waals surface area contributed by atoms with Gasteiger partial charge in [-0.25, -0.2) is 4.79 Å². The van der Waals surface area contributed by atoms with Gasteiger partial charge in [-0.3, -0.25) is 9.59 Å². The van der Waals surface area contributed by atoms with Crippen LogP contribution in [0.2, 0.25) is 0 Å². The predicted molar refractivity (Wildman–Crippen MR) is 57.5 cm³/mol. The number of hydrogen-bond acceptors (Lipinski definition) is 4. The first-order valence-electron chi connectivity index (χ1n) is 5.00. The summed E-state index contributed by atoms with van der Waals surface area (Å²) in [6.07, 6.45) is 0. The first kappa shape index (κ1) is 14.4. The molecule has 2 amide bonds. The number of rotatable bonds is 5. The molecule has 0 aromatic rings. The topological polar surface area (TPSA) is 84.5 Å². The molecule has 92 valence electrons. The Labute approximate surface area is 94.7 Å². The molecule has 6 nitrogen and oxygen atoms in total. The molecule has 0 saturated heterocycles. The molecule has 0 aliphatic carbocycles. The van der Waals surface area contributed by atoms with Crippen LogP contribution in [-0.2, 0) is 19.1 Å². The van der Waals surface area contributed by atoms with Crippen molar-refractivity contribution in [2.24, 2.45) is 5.92 Å². The molecule has 0 aromatic carbocycles. The highest BCUT2D eigenvalue weighted by Gasteiger charge is 2.24. The fraction of sp³-hybridized carbons (Fsp3) is 0.700. The van der Waals surface area contributed by atoms with Gasteiger partial charge in [0.05, 0.1) is 13.7 Å². The molecular formula is C10H18N2O4. The molecule has 6 heteroatoms. The monoisotopic (exact) mass is 230 g/mol. The summed E-state index contributed by atoms with van der Waals surface area (Å²) < 4.78 is 4.56. The second-order valence-corrected chi connectivity index (χ2v) is 3.72. The van der Waals surface area contributed by atoms with E-state index in [0.717, 1.165) is 0 Å². The van der Waals surface area contributed by atoms with E-state index in [1.54, 1.807) is 13.8 Å². The highest BCUT2D eigenvalue weighted by molar-refractivity contribution is 5.87. The summed E-state index contributed by atoms with van der Waals surface area (Å²) >= 11 is 0. The van der Waals surface area contributed by atoms with E-state index in [1.165, 1.54) is 14.0 Å². The summed E-state index contributed by atoms with van der Waals surface area (Å²) in [5, 5.41) is 4.84. The van der Waals surface area contributed by atoms with Crippen LogP contribution in [0.3, 0.4) is 0 Å². The van der Waals surface area contributed by atoms with Crippen molar-refractivity contribution in [2.75, 3.05) is 13.7 Å². The highest BCUT2D eigenvalue weighted by Crippen LogP contribution is 2.02. The van der Waals surface area contributed by atoms with Gasteiger partial charge >= 0.3 is 5.97 Å². The van der Waals surface area contributed by atoms with Gasteiger partial charge in [0.2, 0.25) is 11.8 Å². The van der Waals surface area contributed by atoms with Gasteiger partial charge in [-0.05, 0) is 5.92 Å². The van der Waals surface area contributed by atoms with Crippen molar-refractivity contribution < 1.29 is 19.1 Å². The van der Waals surface area contributed by atoms with Gasteiger partial charge in [0.25, 0.3) is 0 Å². The van der Waals surface area contributed by atoms with Crippen LogP contribution in [0.15, 0.2) is 0 Å². The van der Waals surface area contributed by atoms with E-state index in [-0.39, 0.29) is 18.4 Å². The van der Waals surface area contributed by atoms with E-state index in [4.69, 9.17) is 0 Å². The normalized spacial score (nSPS) is 11.8. The quantitative estimate of drug-likeness (QED) is 0.620. The molecule has 0 aliphatic rings. The van der Waals surface area contributed by atoms with Gasteiger partial charge in [-0.1, -0.05) is 13.8 Å². The number of amides is 2.